The molecule has 0 bridgehead atoms. The number of rotatable bonds is 7. The summed E-state index contributed by atoms with van der Waals surface area (Å²) in [5.41, 5.74) is 1.02. The number of carbonyl (C=O) groups excluding carboxylic acids is 2. The van der Waals surface area contributed by atoms with Gasteiger partial charge in [0.2, 0.25) is 0 Å². The molecule has 0 saturated heterocycles. The third kappa shape index (κ3) is 5.13. The summed E-state index contributed by atoms with van der Waals surface area (Å²) >= 11 is 0. The normalized spacial score (nSPS) is 11.5. The maximum absolute atomic E-state index is 13.0. The van der Waals surface area contributed by atoms with Crippen molar-refractivity contribution in [2.24, 2.45) is 0 Å². The zero-order valence-corrected chi connectivity index (χ0v) is 15.1. The Morgan fingerprint density at radius 1 is 1.11 bits per heavy atom. The lowest BCUT2D eigenvalue weighted by Crippen LogP contribution is -2.32. The lowest BCUT2D eigenvalue weighted by atomic mass is 9.99. The van der Waals surface area contributed by atoms with Gasteiger partial charge in [0.1, 0.15) is 5.82 Å². The molecule has 2 amide bonds. The van der Waals surface area contributed by atoms with Crippen LogP contribution in [0.4, 0.5) is 4.39 Å². The standard InChI is InChI=1S/C20H21FN2O4/c1-3-23(2)19(25)15-6-4-5-14(11-15)18(24)22-12-17(20(26)27)13-7-9-16(21)10-8-13/h4-11,17H,3,12H2,1-2H3,(H,22,24)(H,26,27). The molecule has 2 rings (SSSR count). The molecule has 7 heteroatoms. The fourth-order valence-electron chi connectivity index (χ4n) is 2.50. The van der Waals surface area contributed by atoms with Gasteiger partial charge in [-0.2, -0.15) is 0 Å². The first-order valence-corrected chi connectivity index (χ1v) is 8.45. The van der Waals surface area contributed by atoms with Crippen molar-refractivity contribution in [2.45, 2.75) is 12.8 Å². The smallest absolute Gasteiger partial charge is 0.312 e. The number of nitrogens with zero attached hydrogens (tertiary/aromatic N) is 1. The molecule has 0 aliphatic heterocycles. The van der Waals surface area contributed by atoms with Gasteiger partial charge < -0.3 is 15.3 Å². The predicted octanol–water partition coefficient (Wildman–Crippen LogP) is 2.52. The first-order chi connectivity index (χ1) is 12.8. The van der Waals surface area contributed by atoms with E-state index in [0.717, 1.165) is 0 Å². The second kappa shape index (κ2) is 8.93. The van der Waals surface area contributed by atoms with Crippen molar-refractivity contribution in [3.05, 3.63) is 71.0 Å². The van der Waals surface area contributed by atoms with Crippen LogP contribution in [0, 0.1) is 5.82 Å². The molecule has 0 saturated carbocycles. The van der Waals surface area contributed by atoms with Crippen molar-refractivity contribution < 1.29 is 23.9 Å². The van der Waals surface area contributed by atoms with Gasteiger partial charge in [0.25, 0.3) is 11.8 Å². The SMILES string of the molecule is CCN(C)C(=O)c1cccc(C(=O)NCC(C(=O)O)c2ccc(F)cc2)c1. The Labute approximate surface area is 156 Å². The summed E-state index contributed by atoms with van der Waals surface area (Å²) in [6.45, 7) is 2.22. The molecule has 0 heterocycles. The van der Waals surface area contributed by atoms with E-state index in [0.29, 0.717) is 17.7 Å². The average Bonchev–Trinajstić information content (AvgIpc) is 2.67. The lowest BCUT2D eigenvalue weighted by molar-refractivity contribution is -0.138. The van der Waals surface area contributed by atoms with Gasteiger partial charge in [-0.1, -0.05) is 18.2 Å². The summed E-state index contributed by atoms with van der Waals surface area (Å²) in [6, 6.07) is 11.3. The number of hydrogen-bond acceptors (Lipinski definition) is 3. The fraction of sp³-hybridized carbons (Fsp3) is 0.250. The van der Waals surface area contributed by atoms with Crippen LogP contribution in [-0.4, -0.2) is 47.9 Å². The number of benzene rings is 2. The Balaban J connectivity index is 2.11. The third-order valence-electron chi connectivity index (χ3n) is 4.23. The van der Waals surface area contributed by atoms with Crippen LogP contribution in [0.5, 0.6) is 0 Å². The molecule has 0 fully saturated rings. The quantitative estimate of drug-likeness (QED) is 0.782. The molecule has 0 radical (unpaired) electrons. The number of amides is 2. The summed E-state index contributed by atoms with van der Waals surface area (Å²) in [5, 5.41) is 12.0. The summed E-state index contributed by atoms with van der Waals surface area (Å²) in [6.07, 6.45) is 0. The Bertz CT molecular complexity index is 836. The van der Waals surface area contributed by atoms with Crippen LogP contribution in [0.1, 0.15) is 39.1 Å². The second-order valence-corrected chi connectivity index (χ2v) is 6.05. The third-order valence-corrected chi connectivity index (χ3v) is 4.23. The number of carboxylic acids is 1. The Morgan fingerprint density at radius 3 is 2.33 bits per heavy atom. The summed E-state index contributed by atoms with van der Waals surface area (Å²) in [4.78, 5) is 37.6. The molecule has 2 N–H and O–H groups in total. The van der Waals surface area contributed by atoms with Gasteiger partial charge in [0.15, 0.2) is 0 Å². The van der Waals surface area contributed by atoms with E-state index in [9.17, 15) is 23.9 Å². The molecule has 2 aromatic carbocycles. The minimum atomic E-state index is -1.13. The first kappa shape index (κ1) is 20.1. The van der Waals surface area contributed by atoms with Gasteiger partial charge in [-0.3, -0.25) is 14.4 Å². The zero-order chi connectivity index (χ0) is 20.0. The van der Waals surface area contributed by atoms with Crippen molar-refractivity contribution in [3.8, 4) is 0 Å². The highest BCUT2D eigenvalue weighted by Gasteiger charge is 2.21. The molecule has 2 aromatic rings. The molecular weight excluding hydrogens is 351 g/mol. The van der Waals surface area contributed by atoms with E-state index >= 15 is 0 Å². The van der Waals surface area contributed by atoms with Crippen LogP contribution in [0.2, 0.25) is 0 Å². The molecule has 142 valence electrons. The predicted molar refractivity (Wildman–Crippen MR) is 98.2 cm³/mol. The number of halogens is 1. The van der Waals surface area contributed by atoms with Crippen molar-refractivity contribution in [2.75, 3.05) is 20.1 Å². The molecule has 6 nitrogen and oxygen atoms in total. The highest BCUT2D eigenvalue weighted by atomic mass is 19.1. The van der Waals surface area contributed by atoms with Crippen LogP contribution in [0.15, 0.2) is 48.5 Å². The first-order valence-electron chi connectivity index (χ1n) is 8.45. The minimum absolute atomic E-state index is 0.160. The number of aliphatic carboxylic acids is 1. The van der Waals surface area contributed by atoms with Crippen molar-refractivity contribution in [3.63, 3.8) is 0 Å². The highest BCUT2D eigenvalue weighted by Crippen LogP contribution is 2.16. The monoisotopic (exact) mass is 372 g/mol. The Hall–Kier alpha value is -3.22. The number of nitrogens with one attached hydrogen (secondary N) is 1. The minimum Gasteiger partial charge on any atom is -0.481 e. The van der Waals surface area contributed by atoms with Crippen LogP contribution < -0.4 is 5.32 Å². The van der Waals surface area contributed by atoms with Crippen LogP contribution >= 0.6 is 0 Å². The van der Waals surface area contributed by atoms with Gasteiger partial charge in [-0.25, -0.2) is 4.39 Å². The second-order valence-electron chi connectivity index (χ2n) is 6.05. The summed E-state index contributed by atoms with van der Waals surface area (Å²) in [5.74, 6) is -3.30. The van der Waals surface area contributed by atoms with Gasteiger partial charge >= 0.3 is 5.97 Å². The fourth-order valence-corrected chi connectivity index (χ4v) is 2.50. The Kier molecular flexibility index (Phi) is 6.65. The molecule has 0 aliphatic rings. The van der Waals surface area contributed by atoms with E-state index in [1.807, 2.05) is 6.92 Å². The average molecular weight is 372 g/mol. The number of carboxylic acid groups (broad SMARTS) is 1. The lowest BCUT2D eigenvalue weighted by Gasteiger charge is -2.16. The van der Waals surface area contributed by atoms with E-state index < -0.39 is 23.6 Å². The zero-order valence-electron chi connectivity index (χ0n) is 15.1. The summed E-state index contributed by atoms with van der Waals surface area (Å²) in [7, 11) is 1.66. The number of carbonyl (C=O) groups is 3. The molecule has 0 spiro atoms. The highest BCUT2D eigenvalue weighted by molar-refractivity contribution is 5.99. The van der Waals surface area contributed by atoms with E-state index in [2.05, 4.69) is 5.32 Å². The molecule has 1 unspecified atom stereocenters. The molecule has 27 heavy (non-hydrogen) atoms. The Morgan fingerprint density at radius 2 is 1.74 bits per heavy atom. The van der Waals surface area contributed by atoms with Gasteiger partial charge in [0.05, 0.1) is 5.92 Å². The van der Waals surface area contributed by atoms with E-state index in [1.165, 1.54) is 35.2 Å². The molecular formula is C20H21FN2O4. The van der Waals surface area contributed by atoms with E-state index in [-0.39, 0.29) is 18.0 Å². The van der Waals surface area contributed by atoms with Crippen LogP contribution in [0.25, 0.3) is 0 Å². The van der Waals surface area contributed by atoms with E-state index in [4.69, 9.17) is 0 Å². The maximum Gasteiger partial charge on any atom is 0.312 e. The molecule has 0 aliphatic carbocycles. The van der Waals surface area contributed by atoms with Crippen molar-refractivity contribution in [1.82, 2.24) is 10.2 Å². The van der Waals surface area contributed by atoms with Gasteiger partial charge in [-0.15, -0.1) is 0 Å². The summed E-state index contributed by atoms with van der Waals surface area (Å²) < 4.78 is 13.0. The van der Waals surface area contributed by atoms with Crippen LogP contribution in [0.3, 0.4) is 0 Å². The molecule has 0 aromatic heterocycles. The maximum atomic E-state index is 13.0. The van der Waals surface area contributed by atoms with Crippen LogP contribution in [-0.2, 0) is 4.79 Å². The van der Waals surface area contributed by atoms with E-state index in [1.54, 1.807) is 25.2 Å². The van der Waals surface area contributed by atoms with Gasteiger partial charge in [-0.05, 0) is 42.8 Å². The topological polar surface area (TPSA) is 86.7 Å². The largest absolute Gasteiger partial charge is 0.481 e. The van der Waals surface area contributed by atoms with Crippen molar-refractivity contribution >= 4 is 17.8 Å². The van der Waals surface area contributed by atoms with Crippen molar-refractivity contribution in [1.29, 1.82) is 0 Å². The molecule has 1 atom stereocenters. The number of hydrogen-bond donors (Lipinski definition) is 2. The van der Waals surface area contributed by atoms with Gasteiger partial charge in [0, 0.05) is 31.3 Å².